The van der Waals surface area contributed by atoms with Gasteiger partial charge >= 0.3 is 6.18 Å². The van der Waals surface area contributed by atoms with E-state index in [1.807, 2.05) is 0 Å². The number of hydrogen-bond acceptors (Lipinski definition) is 2. The van der Waals surface area contributed by atoms with Gasteiger partial charge in [0.25, 0.3) is 0 Å². The maximum absolute atomic E-state index is 12.3. The van der Waals surface area contributed by atoms with Gasteiger partial charge in [0.2, 0.25) is 0 Å². The second kappa shape index (κ2) is 3.59. The van der Waals surface area contributed by atoms with E-state index in [9.17, 15) is 18.3 Å². The summed E-state index contributed by atoms with van der Waals surface area (Å²) in [5.74, 6) is -0.398. The van der Waals surface area contributed by atoms with E-state index < -0.39 is 17.5 Å². The van der Waals surface area contributed by atoms with Crippen LogP contribution in [-0.4, -0.2) is 5.11 Å². The normalized spacial score (nSPS) is 11.7. The summed E-state index contributed by atoms with van der Waals surface area (Å²) < 4.78 is 42.0. The van der Waals surface area contributed by atoms with Gasteiger partial charge in [-0.1, -0.05) is 6.07 Å². The van der Waals surface area contributed by atoms with E-state index in [4.69, 9.17) is 4.42 Å². The van der Waals surface area contributed by atoms with Crippen molar-refractivity contribution in [1.82, 2.24) is 0 Å². The molecule has 0 atom stereocenters. The Morgan fingerprint density at radius 2 is 1.88 bits per heavy atom. The van der Waals surface area contributed by atoms with Crippen molar-refractivity contribution < 1.29 is 22.7 Å². The molecule has 0 amide bonds. The molecule has 2 nitrogen and oxygen atoms in total. The number of hydrogen-bond donors (Lipinski definition) is 1. The highest BCUT2D eigenvalue weighted by molar-refractivity contribution is 5.61. The van der Waals surface area contributed by atoms with Gasteiger partial charge in [-0.05, 0) is 24.3 Å². The molecule has 0 unspecified atom stereocenters. The van der Waals surface area contributed by atoms with Crippen LogP contribution in [0.1, 0.15) is 5.56 Å². The topological polar surface area (TPSA) is 33.4 Å². The molecule has 0 spiro atoms. The molecule has 2 rings (SSSR count). The number of halogens is 3. The minimum atomic E-state index is -4.55. The van der Waals surface area contributed by atoms with Crippen LogP contribution in [0.2, 0.25) is 0 Å². The zero-order valence-corrected chi connectivity index (χ0v) is 7.95. The molecule has 5 heteroatoms. The van der Waals surface area contributed by atoms with Gasteiger partial charge in [0.15, 0.2) is 0 Å². The molecule has 1 aromatic heterocycles. The number of furan rings is 1. The molecule has 0 fully saturated rings. The molecule has 0 bridgehead atoms. The lowest BCUT2D eigenvalue weighted by Crippen LogP contribution is -2.04. The van der Waals surface area contributed by atoms with Gasteiger partial charge in [-0.3, -0.25) is 0 Å². The van der Waals surface area contributed by atoms with Gasteiger partial charge in [-0.2, -0.15) is 13.2 Å². The van der Waals surface area contributed by atoms with Crippen LogP contribution in [0.25, 0.3) is 11.3 Å². The monoisotopic (exact) mass is 228 g/mol. The highest BCUT2D eigenvalue weighted by atomic mass is 19.4. The summed E-state index contributed by atoms with van der Waals surface area (Å²) in [4.78, 5) is 0. The second-order valence-electron chi connectivity index (χ2n) is 3.21. The van der Waals surface area contributed by atoms with E-state index in [1.165, 1.54) is 12.3 Å². The Hall–Kier alpha value is -1.91. The Bertz CT molecular complexity index is 486. The molecule has 1 aromatic carbocycles. The van der Waals surface area contributed by atoms with Gasteiger partial charge in [0.05, 0.1) is 11.8 Å². The molecule has 0 radical (unpaired) electrons. The quantitative estimate of drug-likeness (QED) is 0.807. The molecule has 0 aliphatic heterocycles. The van der Waals surface area contributed by atoms with E-state index in [2.05, 4.69) is 0 Å². The van der Waals surface area contributed by atoms with E-state index in [0.717, 1.165) is 12.1 Å². The molecule has 0 saturated carbocycles. The van der Waals surface area contributed by atoms with E-state index in [-0.39, 0.29) is 0 Å². The molecular formula is C11H7F3O2. The Morgan fingerprint density at radius 3 is 2.38 bits per heavy atom. The predicted molar refractivity (Wildman–Crippen MR) is 50.8 cm³/mol. The van der Waals surface area contributed by atoms with Crippen LogP contribution in [0.4, 0.5) is 13.2 Å². The van der Waals surface area contributed by atoms with Crippen LogP contribution in [0.3, 0.4) is 0 Å². The Labute approximate surface area is 88.9 Å². The summed E-state index contributed by atoms with van der Waals surface area (Å²) in [6.45, 7) is 0. The maximum atomic E-state index is 12.3. The van der Waals surface area contributed by atoms with Crippen molar-refractivity contribution >= 4 is 0 Å². The smallest absolute Gasteiger partial charge is 0.419 e. The van der Waals surface area contributed by atoms with Gasteiger partial charge in [0, 0.05) is 5.56 Å². The summed E-state index contributed by atoms with van der Waals surface area (Å²) >= 11 is 0. The fourth-order valence-corrected chi connectivity index (χ4v) is 1.37. The number of phenolic OH excluding ortho intramolecular Hbond substituents is 1. The summed E-state index contributed by atoms with van der Waals surface area (Å²) in [6, 6.07) is 6.32. The number of alkyl halides is 3. The van der Waals surface area contributed by atoms with Crippen LogP contribution in [0.15, 0.2) is 41.0 Å². The van der Waals surface area contributed by atoms with Crippen molar-refractivity contribution in [2.75, 3.05) is 0 Å². The fraction of sp³-hybridized carbons (Fsp3) is 0.0909. The molecule has 16 heavy (non-hydrogen) atoms. The first-order valence-electron chi connectivity index (χ1n) is 4.42. The van der Waals surface area contributed by atoms with Crippen molar-refractivity contribution in [3.63, 3.8) is 0 Å². The summed E-state index contributed by atoms with van der Waals surface area (Å²) in [5, 5.41) is 9.26. The van der Waals surface area contributed by atoms with Crippen molar-refractivity contribution in [3.05, 3.63) is 42.2 Å². The highest BCUT2D eigenvalue weighted by Gasteiger charge is 2.33. The van der Waals surface area contributed by atoms with Crippen LogP contribution in [-0.2, 0) is 6.18 Å². The average molecular weight is 228 g/mol. The van der Waals surface area contributed by atoms with Crippen LogP contribution in [0, 0.1) is 0 Å². The predicted octanol–water partition coefficient (Wildman–Crippen LogP) is 3.67. The van der Waals surface area contributed by atoms with Gasteiger partial charge in [-0.25, -0.2) is 0 Å². The Kier molecular flexibility index (Phi) is 2.38. The molecule has 0 aliphatic rings. The zero-order chi connectivity index (χ0) is 11.8. The SMILES string of the molecule is Oc1cc(-c2ccco2)ccc1C(F)(F)F. The summed E-state index contributed by atoms with van der Waals surface area (Å²) in [7, 11) is 0. The first-order valence-corrected chi connectivity index (χ1v) is 4.42. The third-order valence-corrected chi connectivity index (χ3v) is 2.11. The van der Waals surface area contributed by atoms with E-state index >= 15 is 0 Å². The third kappa shape index (κ3) is 1.88. The molecule has 1 heterocycles. The molecular weight excluding hydrogens is 221 g/mol. The average Bonchev–Trinajstić information content (AvgIpc) is 2.68. The molecule has 1 N–H and O–H groups in total. The van der Waals surface area contributed by atoms with Gasteiger partial charge in [-0.15, -0.1) is 0 Å². The van der Waals surface area contributed by atoms with Crippen molar-refractivity contribution in [2.45, 2.75) is 6.18 Å². The van der Waals surface area contributed by atoms with E-state index in [0.29, 0.717) is 11.3 Å². The number of aromatic hydroxyl groups is 1. The lowest BCUT2D eigenvalue weighted by atomic mass is 10.1. The van der Waals surface area contributed by atoms with E-state index in [1.54, 1.807) is 12.1 Å². The van der Waals surface area contributed by atoms with Gasteiger partial charge < -0.3 is 9.52 Å². The third-order valence-electron chi connectivity index (χ3n) is 2.11. The lowest BCUT2D eigenvalue weighted by molar-refractivity contribution is -0.138. The first-order chi connectivity index (χ1) is 7.48. The minimum Gasteiger partial charge on any atom is -0.507 e. The lowest BCUT2D eigenvalue weighted by Gasteiger charge is -2.09. The zero-order valence-electron chi connectivity index (χ0n) is 7.95. The summed E-state index contributed by atoms with van der Waals surface area (Å²) in [6.07, 6.45) is -3.14. The summed E-state index contributed by atoms with van der Waals surface area (Å²) in [5.41, 5.74) is -0.654. The number of benzene rings is 1. The van der Waals surface area contributed by atoms with Crippen LogP contribution < -0.4 is 0 Å². The van der Waals surface area contributed by atoms with Crippen molar-refractivity contribution in [1.29, 1.82) is 0 Å². The molecule has 0 saturated heterocycles. The Morgan fingerprint density at radius 1 is 1.12 bits per heavy atom. The standard InChI is InChI=1S/C11H7F3O2/c12-11(13,14)8-4-3-7(6-9(8)15)10-2-1-5-16-10/h1-6,15H. The number of phenols is 1. The molecule has 0 aliphatic carbocycles. The maximum Gasteiger partial charge on any atom is 0.419 e. The Balaban J connectivity index is 2.45. The van der Waals surface area contributed by atoms with Crippen LogP contribution in [0.5, 0.6) is 5.75 Å². The van der Waals surface area contributed by atoms with Crippen molar-refractivity contribution in [3.8, 4) is 17.1 Å². The molecule has 84 valence electrons. The second-order valence-corrected chi connectivity index (χ2v) is 3.21. The fourth-order valence-electron chi connectivity index (χ4n) is 1.37. The van der Waals surface area contributed by atoms with Gasteiger partial charge in [0.1, 0.15) is 11.5 Å². The highest BCUT2D eigenvalue weighted by Crippen LogP contribution is 2.37. The number of rotatable bonds is 1. The van der Waals surface area contributed by atoms with Crippen LogP contribution >= 0.6 is 0 Å². The van der Waals surface area contributed by atoms with Crippen molar-refractivity contribution in [2.24, 2.45) is 0 Å². The molecule has 2 aromatic rings. The first kappa shape index (κ1) is 10.6. The minimum absolute atomic E-state index is 0.399. The largest absolute Gasteiger partial charge is 0.507 e.